The molecule has 0 aromatic heterocycles. The Morgan fingerprint density at radius 1 is 1.44 bits per heavy atom. The largest absolute Gasteiger partial charge is 0.379 e. The third-order valence-electron chi connectivity index (χ3n) is 3.95. The van der Waals surface area contributed by atoms with Gasteiger partial charge in [0.2, 0.25) is 5.91 Å². The topological polar surface area (TPSA) is 104 Å². The maximum absolute atomic E-state index is 11.5. The van der Waals surface area contributed by atoms with Crippen LogP contribution in [-0.2, 0) is 14.3 Å². The van der Waals surface area contributed by atoms with Crippen LogP contribution in [0.2, 0.25) is 0 Å². The molecule has 2 aliphatic heterocycles. The van der Waals surface area contributed by atoms with E-state index in [9.17, 15) is 9.59 Å². The number of guanidine groups is 1. The van der Waals surface area contributed by atoms with Crippen molar-refractivity contribution in [1.82, 2.24) is 20.9 Å². The number of amides is 3. The van der Waals surface area contributed by atoms with Crippen molar-refractivity contribution in [2.75, 3.05) is 52.5 Å². The monoisotopic (exact) mass is 355 g/mol. The summed E-state index contributed by atoms with van der Waals surface area (Å²) in [5, 5.41) is 8.77. The van der Waals surface area contributed by atoms with Crippen LogP contribution in [0.1, 0.15) is 26.2 Å². The molecule has 9 nitrogen and oxygen atoms in total. The lowest BCUT2D eigenvalue weighted by Crippen LogP contribution is -2.43. The van der Waals surface area contributed by atoms with Gasteiger partial charge in [-0.15, -0.1) is 0 Å². The molecule has 0 saturated carbocycles. The number of nitrogens with one attached hydrogen (secondary N) is 3. The number of nitrogens with zero attached hydrogens (tertiary/aromatic N) is 2. The third kappa shape index (κ3) is 6.87. The highest BCUT2D eigenvalue weighted by Crippen LogP contribution is 2.11. The highest BCUT2D eigenvalue weighted by Gasteiger charge is 2.27. The molecule has 2 rings (SSSR count). The highest BCUT2D eigenvalue weighted by atomic mass is 16.5. The van der Waals surface area contributed by atoms with E-state index in [1.807, 2.05) is 6.92 Å². The number of ether oxygens (including phenoxy) is 2. The first-order valence-corrected chi connectivity index (χ1v) is 9.00. The lowest BCUT2D eigenvalue weighted by Gasteiger charge is -2.15. The van der Waals surface area contributed by atoms with Gasteiger partial charge in [0.15, 0.2) is 5.96 Å². The average Bonchev–Trinajstić information content (AvgIpc) is 3.22. The Balaban J connectivity index is 1.58. The van der Waals surface area contributed by atoms with E-state index in [2.05, 4.69) is 20.9 Å². The molecule has 1 unspecified atom stereocenters. The molecule has 2 heterocycles. The number of hydrogen-bond donors (Lipinski definition) is 3. The van der Waals surface area contributed by atoms with Gasteiger partial charge < -0.3 is 25.4 Å². The van der Waals surface area contributed by atoms with Crippen LogP contribution < -0.4 is 16.0 Å². The van der Waals surface area contributed by atoms with Gasteiger partial charge in [-0.1, -0.05) is 0 Å². The smallest absolute Gasteiger partial charge is 0.324 e. The van der Waals surface area contributed by atoms with Gasteiger partial charge in [-0.25, -0.2) is 4.79 Å². The molecule has 9 heteroatoms. The minimum absolute atomic E-state index is 0.0822. The van der Waals surface area contributed by atoms with Gasteiger partial charge in [-0.05, 0) is 26.2 Å². The normalized spacial score (nSPS) is 20.9. The van der Waals surface area contributed by atoms with Crippen LogP contribution in [0, 0.1) is 0 Å². The van der Waals surface area contributed by atoms with Crippen LogP contribution in [0.4, 0.5) is 4.79 Å². The molecule has 1 atom stereocenters. The second-order valence-corrected chi connectivity index (χ2v) is 5.96. The number of rotatable bonds is 10. The average molecular weight is 355 g/mol. The van der Waals surface area contributed by atoms with E-state index < -0.39 is 0 Å². The van der Waals surface area contributed by atoms with Crippen molar-refractivity contribution in [2.24, 2.45) is 4.99 Å². The summed E-state index contributed by atoms with van der Waals surface area (Å²) in [7, 11) is 0. The quantitative estimate of drug-likeness (QED) is 0.215. The van der Waals surface area contributed by atoms with Gasteiger partial charge in [0.25, 0.3) is 0 Å². The minimum Gasteiger partial charge on any atom is -0.379 e. The molecule has 3 amide bonds. The maximum Gasteiger partial charge on any atom is 0.324 e. The van der Waals surface area contributed by atoms with Gasteiger partial charge >= 0.3 is 6.03 Å². The SMILES string of the molecule is CCNC(=NCCCOCC1CCCO1)NCCN1C(=O)CNC1=O. The van der Waals surface area contributed by atoms with Crippen molar-refractivity contribution in [3.8, 4) is 0 Å². The molecule has 0 aliphatic carbocycles. The van der Waals surface area contributed by atoms with E-state index in [4.69, 9.17) is 9.47 Å². The Kier molecular flexibility index (Phi) is 8.47. The van der Waals surface area contributed by atoms with Crippen molar-refractivity contribution in [3.63, 3.8) is 0 Å². The van der Waals surface area contributed by atoms with Crippen LogP contribution in [-0.4, -0.2) is 81.4 Å². The van der Waals surface area contributed by atoms with Gasteiger partial charge in [0.1, 0.15) is 0 Å². The lowest BCUT2D eigenvalue weighted by molar-refractivity contribution is -0.124. The van der Waals surface area contributed by atoms with Gasteiger partial charge in [0, 0.05) is 39.4 Å². The number of imide groups is 1. The second kappa shape index (κ2) is 10.9. The predicted molar refractivity (Wildman–Crippen MR) is 93.5 cm³/mol. The molecule has 142 valence electrons. The second-order valence-electron chi connectivity index (χ2n) is 5.96. The summed E-state index contributed by atoms with van der Waals surface area (Å²) in [5.41, 5.74) is 0. The van der Waals surface area contributed by atoms with E-state index in [0.717, 1.165) is 32.4 Å². The zero-order chi connectivity index (χ0) is 17.9. The van der Waals surface area contributed by atoms with E-state index in [-0.39, 0.29) is 24.6 Å². The molecular formula is C16H29N5O4. The number of hydrogen-bond acceptors (Lipinski definition) is 5. The van der Waals surface area contributed by atoms with Crippen molar-refractivity contribution < 1.29 is 19.1 Å². The van der Waals surface area contributed by atoms with Gasteiger partial charge in [-0.2, -0.15) is 0 Å². The number of urea groups is 1. The Hall–Kier alpha value is -1.87. The standard InChI is InChI=1S/C16H29N5O4/c1-2-17-15(19-7-8-21-14(22)11-20-16(21)23)18-6-4-9-24-12-13-5-3-10-25-13/h13H,2-12H2,1H3,(H,20,23)(H2,17,18,19). The molecule has 0 aromatic carbocycles. The molecule has 0 bridgehead atoms. The Labute approximate surface area is 148 Å². The maximum atomic E-state index is 11.5. The molecule has 0 spiro atoms. The Morgan fingerprint density at radius 2 is 2.32 bits per heavy atom. The van der Waals surface area contributed by atoms with Crippen molar-refractivity contribution in [1.29, 1.82) is 0 Å². The Morgan fingerprint density at radius 3 is 3.00 bits per heavy atom. The first-order valence-electron chi connectivity index (χ1n) is 9.00. The summed E-state index contributed by atoms with van der Waals surface area (Å²) in [6.45, 7) is 6.40. The number of aliphatic imine (C=N–C) groups is 1. The zero-order valence-corrected chi connectivity index (χ0v) is 14.9. The van der Waals surface area contributed by atoms with E-state index in [1.165, 1.54) is 4.90 Å². The highest BCUT2D eigenvalue weighted by molar-refractivity contribution is 6.01. The zero-order valence-electron chi connectivity index (χ0n) is 14.9. The van der Waals surface area contributed by atoms with Gasteiger partial charge in [-0.3, -0.25) is 14.7 Å². The fourth-order valence-corrected chi connectivity index (χ4v) is 2.66. The van der Waals surface area contributed by atoms with Crippen LogP contribution in [0.15, 0.2) is 4.99 Å². The van der Waals surface area contributed by atoms with Crippen molar-refractivity contribution >= 4 is 17.9 Å². The molecule has 0 radical (unpaired) electrons. The summed E-state index contributed by atoms with van der Waals surface area (Å²) in [6.07, 6.45) is 3.30. The van der Waals surface area contributed by atoms with Crippen molar-refractivity contribution in [3.05, 3.63) is 0 Å². The summed E-state index contributed by atoms with van der Waals surface area (Å²) in [5.74, 6) is 0.478. The fourth-order valence-electron chi connectivity index (χ4n) is 2.66. The Bertz CT molecular complexity index is 449. The third-order valence-corrected chi connectivity index (χ3v) is 3.95. The summed E-state index contributed by atoms with van der Waals surface area (Å²) in [4.78, 5) is 28.6. The minimum atomic E-state index is -0.336. The number of carbonyl (C=O) groups excluding carboxylic acids is 2. The number of carbonyl (C=O) groups is 2. The van der Waals surface area contributed by atoms with Crippen LogP contribution in [0.25, 0.3) is 0 Å². The van der Waals surface area contributed by atoms with Crippen LogP contribution in [0.5, 0.6) is 0 Å². The molecule has 3 N–H and O–H groups in total. The summed E-state index contributed by atoms with van der Waals surface area (Å²) < 4.78 is 11.1. The summed E-state index contributed by atoms with van der Waals surface area (Å²) in [6, 6.07) is -0.336. The molecule has 2 saturated heterocycles. The van der Waals surface area contributed by atoms with Gasteiger partial charge in [0.05, 0.1) is 19.3 Å². The molecule has 2 aliphatic rings. The first-order chi connectivity index (χ1) is 12.2. The molecular weight excluding hydrogens is 326 g/mol. The molecule has 0 aromatic rings. The molecule has 2 fully saturated rings. The van der Waals surface area contributed by atoms with E-state index in [0.29, 0.717) is 38.8 Å². The van der Waals surface area contributed by atoms with E-state index >= 15 is 0 Å². The lowest BCUT2D eigenvalue weighted by atomic mass is 10.2. The van der Waals surface area contributed by atoms with Crippen LogP contribution in [0.3, 0.4) is 0 Å². The van der Waals surface area contributed by atoms with Crippen molar-refractivity contribution in [2.45, 2.75) is 32.3 Å². The first kappa shape index (κ1) is 19.5. The fraction of sp³-hybridized carbons (Fsp3) is 0.812. The summed E-state index contributed by atoms with van der Waals surface area (Å²) >= 11 is 0. The predicted octanol–water partition coefficient (Wildman–Crippen LogP) is -0.321. The molecule has 25 heavy (non-hydrogen) atoms. The van der Waals surface area contributed by atoms with E-state index in [1.54, 1.807) is 0 Å². The van der Waals surface area contributed by atoms with Crippen LogP contribution >= 0.6 is 0 Å².